The molecule has 0 unspecified atom stereocenters. The lowest BCUT2D eigenvalue weighted by molar-refractivity contribution is 0.0129. The van der Waals surface area contributed by atoms with E-state index in [2.05, 4.69) is 33.9 Å². The first-order chi connectivity index (χ1) is 20.5. The number of halogens is 1. The summed E-state index contributed by atoms with van der Waals surface area (Å²) >= 11 is 6.41. The predicted octanol–water partition coefficient (Wildman–Crippen LogP) is 6.14. The normalized spacial score (nSPS) is 34.5. The number of hydrogen-bond donors (Lipinski definition) is 1. The van der Waals surface area contributed by atoms with Gasteiger partial charge >= 0.3 is 0 Å². The van der Waals surface area contributed by atoms with Crippen LogP contribution in [0.5, 0.6) is 5.75 Å². The molecule has 2 heterocycles. The predicted molar refractivity (Wildman–Crippen MR) is 171 cm³/mol. The first-order valence-corrected chi connectivity index (χ1v) is 17.5. The SMILES string of the molecule is CO[C@H]1/C=C/[C@@H](C)[C@H](C)[C@@H](C)S(=O)(=O)NC(=O)c2ccc3c(c2)N(C[C@@H]2CC[C@H]21)C[C@@]1(CCCc2cc(Cl)ccc21)CO3. The van der Waals surface area contributed by atoms with Crippen LogP contribution in [0.4, 0.5) is 5.69 Å². The lowest BCUT2D eigenvalue weighted by atomic mass is 9.68. The van der Waals surface area contributed by atoms with E-state index in [1.54, 1.807) is 20.1 Å². The first kappa shape index (κ1) is 30.5. The van der Waals surface area contributed by atoms with Crippen LogP contribution in [0.2, 0.25) is 5.02 Å². The van der Waals surface area contributed by atoms with E-state index in [1.165, 1.54) is 11.1 Å². The summed E-state index contributed by atoms with van der Waals surface area (Å²) in [4.78, 5) is 15.8. The Kier molecular flexibility index (Phi) is 8.33. The van der Waals surface area contributed by atoms with Crippen LogP contribution in [0.25, 0.3) is 0 Å². The van der Waals surface area contributed by atoms with Crippen LogP contribution < -0.4 is 14.4 Å². The third kappa shape index (κ3) is 5.71. The molecule has 2 aromatic carbocycles. The highest BCUT2D eigenvalue weighted by atomic mass is 35.5. The Labute approximate surface area is 261 Å². The van der Waals surface area contributed by atoms with Gasteiger partial charge < -0.3 is 14.4 Å². The van der Waals surface area contributed by atoms with Crippen molar-refractivity contribution in [2.24, 2.45) is 23.7 Å². The molecule has 2 aliphatic heterocycles. The van der Waals surface area contributed by atoms with Crippen molar-refractivity contribution >= 4 is 33.2 Å². The van der Waals surface area contributed by atoms with Gasteiger partial charge in [-0.15, -0.1) is 0 Å². The van der Waals surface area contributed by atoms with Gasteiger partial charge in [-0.25, -0.2) is 13.1 Å². The molecule has 1 spiro atoms. The Balaban J connectivity index is 1.44. The van der Waals surface area contributed by atoms with Crippen LogP contribution in [0.1, 0.15) is 67.9 Å². The smallest absolute Gasteiger partial charge is 0.264 e. The zero-order valence-electron chi connectivity index (χ0n) is 25.5. The molecule has 43 heavy (non-hydrogen) atoms. The molecule has 4 aliphatic rings. The number of aryl methyl sites for hydroxylation is 1. The van der Waals surface area contributed by atoms with Crippen LogP contribution in [-0.2, 0) is 26.6 Å². The summed E-state index contributed by atoms with van der Waals surface area (Å²) in [6.07, 6.45) is 9.38. The van der Waals surface area contributed by atoms with Gasteiger partial charge in [-0.1, -0.05) is 43.7 Å². The highest BCUT2D eigenvalue weighted by Gasteiger charge is 2.44. The molecule has 2 bridgehead atoms. The maximum atomic E-state index is 13.4. The summed E-state index contributed by atoms with van der Waals surface area (Å²) in [5, 5.41) is -0.0138. The van der Waals surface area contributed by atoms with Crippen LogP contribution in [0, 0.1) is 23.7 Å². The lowest BCUT2D eigenvalue weighted by Crippen LogP contribution is -2.49. The molecular formula is C34H43ClN2O5S. The van der Waals surface area contributed by atoms with E-state index in [0.29, 0.717) is 29.8 Å². The molecule has 0 radical (unpaired) electrons. The molecule has 2 aromatic rings. The maximum absolute atomic E-state index is 13.4. The van der Waals surface area contributed by atoms with Gasteiger partial charge in [0.1, 0.15) is 5.75 Å². The van der Waals surface area contributed by atoms with Crippen molar-refractivity contribution in [1.29, 1.82) is 0 Å². The molecule has 1 amide bonds. The molecule has 1 saturated carbocycles. The summed E-state index contributed by atoms with van der Waals surface area (Å²) in [5.41, 5.74) is 3.47. The number of allylic oxidation sites excluding steroid dienone is 1. The van der Waals surface area contributed by atoms with E-state index >= 15 is 0 Å². The molecular weight excluding hydrogens is 584 g/mol. The molecule has 7 atom stereocenters. The number of anilines is 1. The third-order valence-corrected chi connectivity index (χ3v) is 12.9. The summed E-state index contributed by atoms with van der Waals surface area (Å²) in [5.74, 6) is 0.639. The Morgan fingerprint density at radius 3 is 2.65 bits per heavy atom. The van der Waals surface area contributed by atoms with Gasteiger partial charge in [-0.2, -0.15) is 0 Å². The second-order valence-electron chi connectivity index (χ2n) is 13.3. The number of rotatable bonds is 1. The number of fused-ring (bicyclic) bond motifs is 4. The van der Waals surface area contributed by atoms with Gasteiger partial charge in [0.2, 0.25) is 10.0 Å². The molecule has 0 aromatic heterocycles. The summed E-state index contributed by atoms with van der Waals surface area (Å²) in [6, 6.07) is 11.5. The number of carbonyl (C=O) groups is 1. The quantitative estimate of drug-likeness (QED) is 0.383. The van der Waals surface area contributed by atoms with Crippen LogP contribution in [0.15, 0.2) is 48.6 Å². The van der Waals surface area contributed by atoms with Gasteiger partial charge in [0.25, 0.3) is 5.91 Å². The Morgan fingerprint density at radius 1 is 1.09 bits per heavy atom. The van der Waals surface area contributed by atoms with Crippen LogP contribution >= 0.6 is 11.6 Å². The molecule has 6 rings (SSSR count). The number of sulfonamides is 1. The van der Waals surface area contributed by atoms with E-state index in [1.807, 2.05) is 32.0 Å². The van der Waals surface area contributed by atoms with E-state index in [9.17, 15) is 13.2 Å². The molecule has 1 fully saturated rings. The number of nitrogens with one attached hydrogen (secondary N) is 1. The average molecular weight is 627 g/mol. The third-order valence-electron chi connectivity index (χ3n) is 10.8. The zero-order valence-corrected chi connectivity index (χ0v) is 27.1. The van der Waals surface area contributed by atoms with Crippen molar-refractivity contribution in [3.8, 4) is 5.75 Å². The van der Waals surface area contributed by atoms with E-state index < -0.39 is 21.2 Å². The van der Waals surface area contributed by atoms with Gasteiger partial charge in [0, 0.05) is 36.2 Å². The van der Waals surface area contributed by atoms with Crippen molar-refractivity contribution in [2.75, 3.05) is 31.7 Å². The highest BCUT2D eigenvalue weighted by Crippen LogP contribution is 2.47. The second kappa shape index (κ2) is 11.8. The zero-order chi connectivity index (χ0) is 30.5. The van der Waals surface area contributed by atoms with Gasteiger partial charge in [-0.05, 0) is 104 Å². The molecule has 2 aliphatic carbocycles. The van der Waals surface area contributed by atoms with Crippen molar-refractivity contribution in [2.45, 2.75) is 69.6 Å². The topological polar surface area (TPSA) is 84.9 Å². The number of amides is 1. The summed E-state index contributed by atoms with van der Waals surface area (Å²) < 4.78 is 41.7. The van der Waals surface area contributed by atoms with Crippen LogP contribution in [-0.4, -0.2) is 52.5 Å². The monoisotopic (exact) mass is 626 g/mol. The van der Waals surface area contributed by atoms with Crippen molar-refractivity contribution in [3.63, 3.8) is 0 Å². The number of benzene rings is 2. The van der Waals surface area contributed by atoms with Crippen molar-refractivity contribution < 1.29 is 22.7 Å². The van der Waals surface area contributed by atoms with Crippen molar-refractivity contribution in [3.05, 3.63) is 70.3 Å². The number of nitrogens with zero attached hydrogens (tertiary/aromatic N) is 1. The average Bonchev–Trinajstić information content (AvgIpc) is 3.12. The molecule has 7 nitrogen and oxygen atoms in total. The Morgan fingerprint density at radius 2 is 1.91 bits per heavy atom. The van der Waals surface area contributed by atoms with E-state index in [-0.39, 0.29) is 23.4 Å². The fourth-order valence-electron chi connectivity index (χ4n) is 7.64. The lowest BCUT2D eigenvalue weighted by Gasteiger charge is -2.46. The molecule has 9 heteroatoms. The summed E-state index contributed by atoms with van der Waals surface area (Å²) in [6.45, 7) is 7.68. The van der Waals surface area contributed by atoms with E-state index in [4.69, 9.17) is 21.1 Å². The molecule has 1 N–H and O–H groups in total. The number of carbonyl (C=O) groups excluding carboxylic acids is 1. The Bertz CT molecular complexity index is 1530. The second-order valence-corrected chi connectivity index (χ2v) is 15.7. The minimum Gasteiger partial charge on any atom is -0.490 e. The standard InChI is InChI=1S/C34H43ClN2O5S/c1-21-7-13-31(41-4)28-11-8-26(28)18-37-19-34(15-5-6-24-16-27(35)10-12-29(24)34)20-42-32-14-9-25(17-30(32)37)33(38)36-43(39,40)23(3)22(21)2/h7,9-10,12-14,16-17,21-23,26,28,31H,5-6,8,11,15,18-20H2,1-4H3,(H,36,38)/b13-7+/t21-,22+,23-,26+,28-,31+,34+/m1/s1. The minimum absolute atomic E-state index is 0.0147. The fraction of sp³-hybridized carbons (Fsp3) is 0.559. The minimum atomic E-state index is -3.92. The van der Waals surface area contributed by atoms with Gasteiger partial charge in [0.05, 0.1) is 23.6 Å². The van der Waals surface area contributed by atoms with Crippen LogP contribution in [0.3, 0.4) is 0 Å². The Hall–Kier alpha value is -2.55. The molecule has 0 saturated heterocycles. The van der Waals surface area contributed by atoms with Crippen molar-refractivity contribution in [1.82, 2.24) is 4.72 Å². The molecule has 232 valence electrons. The highest BCUT2D eigenvalue weighted by molar-refractivity contribution is 7.90. The fourth-order valence-corrected chi connectivity index (χ4v) is 9.21. The largest absolute Gasteiger partial charge is 0.490 e. The maximum Gasteiger partial charge on any atom is 0.264 e. The number of ether oxygens (including phenoxy) is 2. The van der Waals surface area contributed by atoms with Gasteiger partial charge in [-0.3, -0.25) is 4.79 Å². The van der Waals surface area contributed by atoms with Gasteiger partial charge in [0.15, 0.2) is 0 Å². The number of methoxy groups -OCH3 is 1. The summed E-state index contributed by atoms with van der Waals surface area (Å²) in [7, 11) is -2.15. The van der Waals surface area contributed by atoms with E-state index in [0.717, 1.165) is 55.9 Å². The number of hydrogen-bond acceptors (Lipinski definition) is 6. The first-order valence-electron chi connectivity index (χ1n) is 15.6.